The molecule has 7 heteroatoms. The van der Waals surface area contributed by atoms with Crippen molar-refractivity contribution in [3.05, 3.63) is 68.0 Å². The Morgan fingerprint density at radius 1 is 1.18 bits per heavy atom. The van der Waals surface area contributed by atoms with Crippen molar-refractivity contribution >= 4 is 28.2 Å². The van der Waals surface area contributed by atoms with Gasteiger partial charge in [0.05, 0.1) is 16.0 Å². The standard InChI is InChI=1S/C15H9ClN2O4/c16-9-4-5-11-12(7-9)17-15(20)13(14(11)19)8-2-1-3-10(6-8)18(21)22/h1-7H,(H2,17,19,20). The molecule has 0 aliphatic rings. The Bertz CT molecular complexity index is 965. The fraction of sp³-hybridized carbons (Fsp3) is 0. The van der Waals surface area contributed by atoms with Crippen LogP contribution in [0.25, 0.3) is 22.0 Å². The van der Waals surface area contributed by atoms with E-state index in [4.69, 9.17) is 11.6 Å². The van der Waals surface area contributed by atoms with Gasteiger partial charge in [-0.2, -0.15) is 0 Å². The molecule has 0 amide bonds. The van der Waals surface area contributed by atoms with Crippen molar-refractivity contribution in [2.45, 2.75) is 0 Å². The minimum Gasteiger partial charge on any atom is -0.506 e. The highest BCUT2D eigenvalue weighted by Gasteiger charge is 2.16. The van der Waals surface area contributed by atoms with E-state index in [-0.39, 0.29) is 22.6 Å². The van der Waals surface area contributed by atoms with E-state index < -0.39 is 10.5 Å². The number of benzene rings is 2. The first kappa shape index (κ1) is 14.1. The molecule has 22 heavy (non-hydrogen) atoms. The fourth-order valence-corrected chi connectivity index (χ4v) is 2.47. The van der Waals surface area contributed by atoms with Crippen molar-refractivity contribution in [3.63, 3.8) is 0 Å². The van der Waals surface area contributed by atoms with Gasteiger partial charge in [-0.15, -0.1) is 0 Å². The van der Waals surface area contributed by atoms with Crippen molar-refractivity contribution in [2.75, 3.05) is 0 Å². The number of hydrogen-bond donors (Lipinski definition) is 2. The lowest BCUT2D eigenvalue weighted by atomic mass is 10.0. The molecule has 0 saturated carbocycles. The Balaban J connectivity index is 2.32. The molecule has 0 spiro atoms. The number of hydrogen-bond acceptors (Lipinski definition) is 4. The first-order chi connectivity index (χ1) is 10.5. The summed E-state index contributed by atoms with van der Waals surface area (Å²) in [5.41, 5.74) is -0.0622. The number of nitro benzene ring substituents is 1. The summed E-state index contributed by atoms with van der Waals surface area (Å²) in [5.74, 6) is -0.240. The van der Waals surface area contributed by atoms with E-state index in [9.17, 15) is 20.0 Å². The number of fused-ring (bicyclic) bond motifs is 1. The SMILES string of the molecule is O=c1[nH]c2cc(Cl)ccc2c(O)c1-c1cccc([N+](=O)[O-])c1. The van der Waals surface area contributed by atoms with Gasteiger partial charge in [0.2, 0.25) is 0 Å². The van der Waals surface area contributed by atoms with Gasteiger partial charge >= 0.3 is 0 Å². The van der Waals surface area contributed by atoms with Crippen LogP contribution in [0.4, 0.5) is 5.69 Å². The first-order valence-electron chi connectivity index (χ1n) is 6.26. The zero-order valence-corrected chi connectivity index (χ0v) is 11.8. The van der Waals surface area contributed by atoms with Crippen LogP contribution in [0.3, 0.4) is 0 Å². The summed E-state index contributed by atoms with van der Waals surface area (Å²) in [5, 5.41) is 22.0. The molecule has 2 aromatic carbocycles. The van der Waals surface area contributed by atoms with Crippen molar-refractivity contribution in [1.29, 1.82) is 0 Å². The Labute approximate surface area is 128 Å². The lowest BCUT2D eigenvalue weighted by Gasteiger charge is -2.08. The van der Waals surface area contributed by atoms with Crippen molar-refractivity contribution in [3.8, 4) is 16.9 Å². The number of nitro groups is 1. The van der Waals surface area contributed by atoms with Crippen LogP contribution in [-0.4, -0.2) is 15.0 Å². The third kappa shape index (κ3) is 2.29. The molecule has 2 N–H and O–H groups in total. The number of nitrogens with zero attached hydrogens (tertiary/aromatic N) is 1. The van der Waals surface area contributed by atoms with E-state index in [1.165, 1.54) is 30.3 Å². The van der Waals surface area contributed by atoms with Crippen LogP contribution in [-0.2, 0) is 0 Å². The summed E-state index contributed by atoms with van der Waals surface area (Å²) >= 11 is 5.86. The van der Waals surface area contributed by atoms with Crippen molar-refractivity contribution in [1.82, 2.24) is 4.98 Å². The number of rotatable bonds is 2. The third-order valence-corrected chi connectivity index (χ3v) is 3.53. The predicted molar refractivity (Wildman–Crippen MR) is 83.3 cm³/mol. The number of aromatic hydroxyl groups is 1. The molecule has 1 aromatic heterocycles. The van der Waals surface area contributed by atoms with E-state index in [0.29, 0.717) is 15.9 Å². The molecule has 1 heterocycles. The number of non-ortho nitro benzene ring substituents is 1. The van der Waals surface area contributed by atoms with Gasteiger partial charge in [0, 0.05) is 22.5 Å². The number of H-pyrrole nitrogens is 1. The Morgan fingerprint density at radius 2 is 1.95 bits per heavy atom. The normalized spacial score (nSPS) is 10.8. The average Bonchev–Trinajstić information content (AvgIpc) is 2.47. The highest BCUT2D eigenvalue weighted by atomic mass is 35.5. The molecule has 0 saturated heterocycles. The van der Waals surface area contributed by atoms with Gasteiger partial charge in [-0.3, -0.25) is 14.9 Å². The molecule has 0 radical (unpaired) electrons. The maximum atomic E-state index is 12.2. The quantitative estimate of drug-likeness (QED) is 0.559. The van der Waals surface area contributed by atoms with Gasteiger partial charge in [0.15, 0.2) is 0 Å². The number of halogens is 1. The molecule has 0 bridgehead atoms. The number of pyridine rings is 1. The van der Waals surface area contributed by atoms with Crippen LogP contribution in [0.1, 0.15) is 0 Å². The molecular formula is C15H9ClN2O4. The Kier molecular flexibility index (Phi) is 3.30. The number of aromatic nitrogens is 1. The third-order valence-electron chi connectivity index (χ3n) is 3.29. The lowest BCUT2D eigenvalue weighted by molar-refractivity contribution is -0.384. The predicted octanol–water partition coefficient (Wildman–Crippen LogP) is 3.46. The Morgan fingerprint density at radius 3 is 2.68 bits per heavy atom. The van der Waals surface area contributed by atoms with Gasteiger partial charge in [-0.05, 0) is 23.8 Å². The van der Waals surface area contributed by atoms with E-state index in [1.807, 2.05) is 0 Å². The molecular weight excluding hydrogens is 308 g/mol. The monoisotopic (exact) mass is 316 g/mol. The summed E-state index contributed by atoms with van der Waals surface area (Å²) in [6.07, 6.45) is 0. The number of nitrogens with one attached hydrogen (secondary N) is 1. The zero-order chi connectivity index (χ0) is 15.9. The maximum Gasteiger partial charge on any atom is 0.270 e. The van der Waals surface area contributed by atoms with Crippen LogP contribution >= 0.6 is 11.6 Å². The minimum atomic E-state index is -0.560. The molecule has 0 unspecified atom stereocenters. The molecule has 6 nitrogen and oxygen atoms in total. The van der Waals surface area contributed by atoms with Gasteiger partial charge in [0.25, 0.3) is 11.2 Å². The topological polar surface area (TPSA) is 96.2 Å². The highest BCUT2D eigenvalue weighted by molar-refractivity contribution is 6.31. The van der Waals surface area contributed by atoms with Crippen molar-refractivity contribution < 1.29 is 10.0 Å². The second kappa shape index (κ2) is 5.16. The van der Waals surface area contributed by atoms with E-state index in [1.54, 1.807) is 12.1 Å². The molecule has 0 atom stereocenters. The number of aromatic amines is 1. The van der Waals surface area contributed by atoms with Crippen LogP contribution < -0.4 is 5.56 Å². The highest BCUT2D eigenvalue weighted by Crippen LogP contribution is 2.34. The van der Waals surface area contributed by atoms with E-state index in [0.717, 1.165) is 0 Å². The maximum absolute atomic E-state index is 12.2. The van der Waals surface area contributed by atoms with E-state index in [2.05, 4.69) is 4.98 Å². The van der Waals surface area contributed by atoms with Gasteiger partial charge in [-0.25, -0.2) is 0 Å². The van der Waals surface area contributed by atoms with E-state index >= 15 is 0 Å². The molecule has 0 aliphatic carbocycles. The van der Waals surface area contributed by atoms with Crippen LogP contribution in [0.2, 0.25) is 5.02 Å². The summed E-state index contributed by atoms with van der Waals surface area (Å²) in [7, 11) is 0. The van der Waals surface area contributed by atoms with Crippen molar-refractivity contribution in [2.24, 2.45) is 0 Å². The van der Waals surface area contributed by atoms with Gasteiger partial charge in [0.1, 0.15) is 5.75 Å². The van der Waals surface area contributed by atoms with Crippen LogP contribution in [0.15, 0.2) is 47.3 Å². The second-order valence-electron chi connectivity index (χ2n) is 4.68. The minimum absolute atomic E-state index is 0.0153. The van der Waals surface area contributed by atoms with Crippen LogP contribution in [0, 0.1) is 10.1 Å². The molecule has 110 valence electrons. The molecule has 3 rings (SSSR count). The molecule has 0 aliphatic heterocycles. The van der Waals surface area contributed by atoms with Crippen LogP contribution in [0.5, 0.6) is 5.75 Å². The van der Waals surface area contributed by atoms with Gasteiger partial charge in [-0.1, -0.05) is 23.7 Å². The largest absolute Gasteiger partial charge is 0.506 e. The summed E-state index contributed by atoms with van der Waals surface area (Å²) in [6.45, 7) is 0. The Hall–Kier alpha value is -2.86. The second-order valence-corrected chi connectivity index (χ2v) is 5.11. The lowest BCUT2D eigenvalue weighted by Crippen LogP contribution is -2.09. The summed E-state index contributed by atoms with van der Waals surface area (Å²) in [4.78, 5) is 25.1. The first-order valence-corrected chi connectivity index (χ1v) is 6.64. The average molecular weight is 317 g/mol. The van der Waals surface area contributed by atoms with Gasteiger partial charge < -0.3 is 10.1 Å². The smallest absolute Gasteiger partial charge is 0.270 e. The summed E-state index contributed by atoms with van der Waals surface area (Å²) < 4.78 is 0. The molecule has 3 aromatic rings. The zero-order valence-electron chi connectivity index (χ0n) is 11.0. The summed E-state index contributed by atoms with van der Waals surface area (Å²) in [6, 6.07) is 10.2. The molecule has 0 fully saturated rings. The fourth-order valence-electron chi connectivity index (χ4n) is 2.30.